The van der Waals surface area contributed by atoms with Gasteiger partial charge in [-0.3, -0.25) is 14.4 Å². The Hall–Kier alpha value is -3.49. The number of amides is 2. The van der Waals surface area contributed by atoms with E-state index in [0.717, 1.165) is 22.3 Å². The van der Waals surface area contributed by atoms with Gasteiger partial charge in [-0.15, -0.1) is 0 Å². The molecule has 0 aromatic heterocycles. The van der Waals surface area contributed by atoms with Crippen molar-refractivity contribution >= 4 is 44.9 Å². The van der Waals surface area contributed by atoms with Crippen molar-refractivity contribution in [3.8, 4) is 5.75 Å². The van der Waals surface area contributed by atoms with Crippen molar-refractivity contribution in [1.82, 2.24) is 0 Å². The molecule has 1 saturated carbocycles. The van der Waals surface area contributed by atoms with Gasteiger partial charge in [0, 0.05) is 23.7 Å². The number of halogens is 1. The van der Waals surface area contributed by atoms with E-state index < -0.39 is 41.0 Å². The standard InChI is InChI=1S/C31H33BrN2O5/c1-16-8-6-10-22(18(16)3)33-29(37)27-25(36)15-31(5,39)28(26(27)20-12-13-24(35)21(32)14-20)30(38)34-23-11-7-9-17(2)19(23)4/h6-14,26-28,35,39H,15H2,1-5H3,(H,33,37)(H,34,38). The number of benzene rings is 3. The summed E-state index contributed by atoms with van der Waals surface area (Å²) in [5.74, 6) is -4.96. The number of aliphatic hydroxyl groups is 1. The van der Waals surface area contributed by atoms with Crippen LogP contribution in [-0.4, -0.2) is 33.4 Å². The molecule has 8 heteroatoms. The Kier molecular flexibility index (Phi) is 8.00. The van der Waals surface area contributed by atoms with Gasteiger partial charge < -0.3 is 20.8 Å². The van der Waals surface area contributed by atoms with E-state index in [4.69, 9.17) is 0 Å². The molecule has 4 rings (SSSR count). The first kappa shape index (κ1) is 28.5. The normalized spacial score (nSPS) is 22.8. The summed E-state index contributed by atoms with van der Waals surface area (Å²) >= 11 is 3.31. The van der Waals surface area contributed by atoms with E-state index >= 15 is 0 Å². The van der Waals surface area contributed by atoms with Crippen LogP contribution < -0.4 is 10.6 Å². The molecule has 39 heavy (non-hydrogen) atoms. The third-order valence-electron chi connectivity index (χ3n) is 7.91. The molecule has 2 amide bonds. The van der Waals surface area contributed by atoms with Gasteiger partial charge >= 0.3 is 0 Å². The highest BCUT2D eigenvalue weighted by molar-refractivity contribution is 9.10. The molecular weight excluding hydrogens is 560 g/mol. The Morgan fingerprint density at radius 2 is 1.44 bits per heavy atom. The first-order chi connectivity index (χ1) is 18.3. The summed E-state index contributed by atoms with van der Waals surface area (Å²) in [6.07, 6.45) is -0.363. The lowest BCUT2D eigenvalue weighted by molar-refractivity contribution is -0.150. The van der Waals surface area contributed by atoms with Crippen LogP contribution in [0.4, 0.5) is 11.4 Å². The molecule has 1 aliphatic carbocycles. The summed E-state index contributed by atoms with van der Waals surface area (Å²) in [6, 6.07) is 15.7. The molecule has 4 atom stereocenters. The minimum atomic E-state index is -1.73. The number of Topliss-reactive ketones (excluding diaryl/α,β-unsaturated/α-hetero) is 1. The molecular formula is C31H33BrN2O5. The number of phenolic OH excluding ortho intramolecular Hbond substituents is 1. The number of rotatable bonds is 5. The van der Waals surface area contributed by atoms with Crippen LogP contribution in [0.25, 0.3) is 0 Å². The van der Waals surface area contributed by atoms with E-state index in [0.29, 0.717) is 21.4 Å². The number of anilines is 2. The smallest absolute Gasteiger partial charge is 0.235 e. The van der Waals surface area contributed by atoms with Gasteiger partial charge in [0.25, 0.3) is 0 Å². The van der Waals surface area contributed by atoms with Crippen LogP contribution >= 0.6 is 15.9 Å². The minimum Gasteiger partial charge on any atom is -0.507 e. The third-order valence-corrected chi connectivity index (χ3v) is 8.55. The van der Waals surface area contributed by atoms with Crippen molar-refractivity contribution in [3.05, 3.63) is 86.9 Å². The summed E-state index contributed by atoms with van der Waals surface area (Å²) in [4.78, 5) is 41.3. The predicted molar refractivity (Wildman–Crippen MR) is 155 cm³/mol. The molecule has 4 N–H and O–H groups in total. The van der Waals surface area contributed by atoms with E-state index in [9.17, 15) is 24.6 Å². The lowest BCUT2D eigenvalue weighted by Crippen LogP contribution is -2.56. The molecule has 0 saturated heterocycles. The minimum absolute atomic E-state index is 0.0274. The van der Waals surface area contributed by atoms with Gasteiger partial charge in [-0.2, -0.15) is 0 Å². The molecule has 0 radical (unpaired) electrons. The van der Waals surface area contributed by atoms with Crippen LogP contribution in [0.5, 0.6) is 5.75 Å². The van der Waals surface area contributed by atoms with Crippen molar-refractivity contribution in [2.24, 2.45) is 11.8 Å². The molecule has 0 heterocycles. The average molecular weight is 594 g/mol. The highest BCUT2D eigenvalue weighted by atomic mass is 79.9. The molecule has 1 fully saturated rings. The number of carbonyl (C=O) groups excluding carboxylic acids is 3. The Morgan fingerprint density at radius 3 is 1.97 bits per heavy atom. The maximum absolute atomic E-state index is 13.9. The van der Waals surface area contributed by atoms with Crippen molar-refractivity contribution in [3.63, 3.8) is 0 Å². The number of ketones is 1. The molecule has 3 aromatic rings. The first-order valence-corrected chi connectivity index (χ1v) is 13.6. The number of aryl methyl sites for hydroxylation is 2. The number of hydrogen-bond donors (Lipinski definition) is 4. The zero-order chi connectivity index (χ0) is 28.6. The maximum atomic E-state index is 13.9. The Bertz CT molecular complexity index is 1470. The molecule has 204 valence electrons. The molecule has 0 aliphatic heterocycles. The van der Waals surface area contributed by atoms with Gasteiger partial charge in [0.15, 0.2) is 0 Å². The zero-order valence-electron chi connectivity index (χ0n) is 22.6. The van der Waals surface area contributed by atoms with Crippen LogP contribution in [-0.2, 0) is 14.4 Å². The van der Waals surface area contributed by atoms with E-state index in [1.807, 2.05) is 52.0 Å². The monoisotopic (exact) mass is 592 g/mol. The van der Waals surface area contributed by atoms with Gasteiger partial charge in [-0.05, 0) is 103 Å². The zero-order valence-corrected chi connectivity index (χ0v) is 24.2. The second-order valence-corrected chi connectivity index (χ2v) is 11.5. The number of hydrogen-bond acceptors (Lipinski definition) is 5. The summed E-state index contributed by atoms with van der Waals surface area (Å²) < 4.78 is 0.347. The fourth-order valence-corrected chi connectivity index (χ4v) is 5.81. The summed E-state index contributed by atoms with van der Waals surface area (Å²) in [5, 5.41) is 27.5. The molecule has 4 unspecified atom stereocenters. The van der Waals surface area contributed by atoms with Crippen LogP contribution in [0, 0.1) is 39.5 Å². The molecule has 3 aromatic carbocycles. The van der Waals surface area contributed by atoms with Crippen LogP contribution in [0.2, 0.25) is 0 Å². The second kappa shape index (κ2) is 10.9. The van der Waals surface area contributed by atoms with Crippen LogP contribution in [0.15, 0.2) is 59.1 Å². The number of nitrogens with one attached hydrogen (secondary N) is 2. The number of phenols is 1. The van der Waals surface area contributed by atoms with Gasteiger partial charge in [0.05, 0.1) is 16.0 Å². The van der Waals surface area contributed by atoms with Crippen molar-refractivity contribution in [2.45, 2.75) is 52.6 Å². The Morgan fingerprint density at radius 1 is 0.897 bits per heavy atom. The molecule has 7 nitrogen and oxygen atoms in total. The first-order valence-electron chi connectivity index (χ1n) is 12.8. The SMILES string of the molecule is Cc1cccc(NC(=O)C2C(=O)CC(C)(O)C(C(=O)Nc3cccc(C)c3C)C2c2ccc(O)c(Br)c2)c1C. The largest absolute Gasteiger partial charge is 0.507 e. The molecule has 0 bridgehead atoms. The second-order valence-electron chi connectivity index (χ2n) is 10.7. The number of aromatic hydroxyl groups is 1. The van der Waals surface area contributed by atoms with E-state index in [1.54, 1.807) is 24.3 Å². The predicted octanol–water partition coefficient (Wildman–Crippen LogP) is 5.71. The van der Waals surface area contributed by atoms with Crippen molar-refractivity contribution < 1.29 is 24.6 Å². The Balaban J connectivity index is 1.82. The average Bonchev–Trinajstić information content (AvgIpc) is 2.85. The van der Waals surface area contributed by atoms with Crippen molar-refractivity contribution in [1.29, 1.82) is 0 Å². The fourth-order valence-electron chi connectivity index (χ4n) is 5.42. The lowest BCUT2D eigenvalue weighted by atomic mass is 9.61. The van der Waals surface area contributed by atoms with Gasteiger partial charge in [0.2, 0.25) is 11.8 Å². The van der Waals surface area contributed by atoms with Gasteiger partial charge in [0.1, 0.15) is 17.5 Å². The van der Waals surface area contributed by atoms with E-state index in [2.05, 4.69) is 26.6 Å². The van der Waals surface area contributed by atoms with E-state index in [1.165, 1.54) is 13.0 Å². The van der Waals surface area contributed by atoms with E-state index in [-0.39, 0.29) is 12.2 Å². The van der Waals surface area contributed by atoms with Crippen LogP contribution in [0.1, 0.15) is 47.1 Å². The quantitative estimate of drug-likeness (QED) is 0.283. The summed E-state index contributed by atoms with van der Waals surface area (Å²) in [6.45, 7) is 9.10. The van der Waals surface area contributed by atoms with Crippen molar-refractivity contribution in [2.75, 3.05) is 10.6 Å². The number of carbonyl (C=O) groups is 3. The van der Waals surface area contributed by atoms with Gasteiger partial charge in [-0.1, -0.05) is 30.3 Å². The van der Waals surface area contributed by atoms with Crippen LogP contribution in [0.3, 0.4) is 0 Å². The highest BCUT2D eigenvalue weighted by Gasteiger charge is 2.56. The summed E-state index contributed by atoms with van der Waals surface area (Å²) in [7, 11) is 0. The Labute approximate surface area is 236 Å². The highest BCUT2D eigenvalue weighted by Crippen LogP contribution is 2.47. The summed E-state index contributed by atoms with van der Waals surface area (Å²) in [5.41, 5.74) is 3.62. The fraction of sp³-hybridized carbons (Fsp3) is 0.323. The molecule has 1 aliphatic rings. The maximum Gasteiger partial charge on any atom is 0.235 e. The third kappa shape index (κ3) is 5.63. The topological polar surface area (TPSA) is 116 Å². The lowest BCUT2D eigenvalue weighted by Gasteiger charge is -2.44. The molecule has 0 spiro atoms. The van der Waals surface area contributed by atoms with Gasteiger partial charge in [-0.25, -0.2) is 0 Å².